The van der Waals surface area contributed by atoms with Crippen LogP contribution in [-0.2, 0) is 9.59 Å². The number of hydrogen-bond donors (Lipinski definition) is 3. The third kappa shape index (κ3) is 4.49. The van der Waals surface area contributed by atoms with Gasteiger partial charge in [0.25, 0.3) is 5.91 Å². The SMILES string of the molecule is COc1cc(C(=O)NNC(=O)[C@@H]2CC=CC[C@@H]2C(=O)O)cc(OC)c1OC. The number of rotatable bonds is 6. The highest BCUT2D eigenvalue weighted by Gasteiger charge is 2.34. The molecule has 0 aliphatic heterocycles. The lowest BCUT2D eigenvalue weighted by molar-refractivity contribution is -0.147. The van der Waals surface area contributed by atoms with E-state index in [-0.39, 0.29) is 23.5 Å². The Morgan fingerprint density at radius 3 is 1.96 bits per heavy atom. The van der Waals surface area contributed by atoms with E-state index in [0.717, 1.165) is 0 Å². The Labute approximate surface area is 156 Å². The van der Waals surface area contributed by atoms with E-state index in [2.05, 4.69) is 10.9 Å². The van der Waals surface area contributed by atoms with Crippen LogP contribution < -0.4 is 25.1 Å². The number of carbonyl (C=O) groups excluding carboxylic acids is 2. The van der Waals surface area contributed by atoms with Crippen LogP contribution in [0.3, 0.4) is 0 Å². The topological polar surface area (TPSA) is 123 Å². The number of carbonyl (C=O) groups is 3. The van der Waals surface area contributed by atoms with Gasteiger partial charge in [-0.05, 0) is 25.0 Å². The van der Waals surface area contributed by atoms with Crippen LogP contribution in [0.5, 0.6) is 17.2 Å². The molecule has 146 valence electrons. The molecule has 0 saturated heterocycles. The first-order valence-corrected chi connectivity index (χ1v) is 8.20. The Hall–Kier alpha value is -3.23. The van der Waals surface area contributed by atoms with Crippen molar-refractivity contribution >= 4 is 17.8 Å². The van der Waals surface area contributed by atoms with Gasteiger partial charge in [-0.1, -0.05) is 12.2 Å². The van der Waals surface area contributed by atoms with Crippen molar-refractivity contribution in [3.63, 3.8) is 0 Å². The lowest BCUT2D eigenvalue weighted by Crippen LogP contribution is -2.47. The Morgan fingerprint density at radius 1 is 0.926 bits per heavy atom. The maximum atomic E-state index is 12.4. The summed E-state index contributed by atoms with van der Waals surface area (Å²) in [4.78, 5) is 36.0. The summed E-state index contributed by atoms with van der Waals surface area (Å²) in [7, 11) is 4.28. The molecule has 9 heteroatoms. The number of ether oxygens (including phenoxy) is 3. The fourth-order valence-electron chi connectivity index (χ4n) is 2.87. The molecule has 0 radical (unpaired) electrons. The standard InChI is InChI=1S/C18H22N2O7/c1-25-13-8-10(9-14(26-2)15(13)27-3)16(21)19-20-17(22)11-6-4-5-7-12(11)18(23)24/h4-5,8-9,11-12H,6-7H2,1-3H3,(H,19,21)(H,20,22)(H,23,24)/t11-,12+/m1/s1. The second-order valence-electron chi connectivity index (χ2n) is 5.85. The lowest BCUT2D eigenvalue weighted by Gasteiger charge is -2.24. The van der Waals surface area contributed by atoms with Crippen LogP contribution in [0.1, 0.15) is 23.2 Å². The predicted molar refractivity (Wildman–Crippen MR) is 94.7 cm³/mol. The number of hydrogen-bond acceptors (Lipinski definition) is 6. The van der Waals surface area contributed by atoms with E-state index in [4.69, 9.17) is 14.2 Å². The molecule has 1 aromatic carbocycles. The highest BCUT2D eigenvalue weighted by Crippen LogP contribution is 2.38. The number of methoxy groups -OCH3 is 3. The van der Waals surface area contributed by atoms with Gasteiger partial charge in [0.15, 0.2) is 11.5 Å². The highest BCUT2D eigenvalue weighted by molar-refractivity contribution is 5.97. The molecule has 27 heavy (non-hydrogen) atoms. The molecule has 0 spiro atoms. The average molecular weight is 378 g/mol. The fraction of sp³-hybridized carbons (Fsp3) is 0.389. The maximum Gasteiger partial charge on any atom is 0.307 e. The minimum Gasteiger partial charge on any atom is -0.493 e. The Balaban J connectivity index is 2.10. The number of aliphatic carboxylic acids is 1. The zero-order chi connectivity index (χ0) is 20.0. The zero-order valence-electron chi connectivity index (χ0n) is 15.3. The molecule has 0 bridgehead atoms. The summed E-state index contributed by atoms with van der Waals surface area (Å²) in [6, 6.07) is 2.87. The third-order valence-electron chi connectivity index (χ3n) is 4.31. The van der Waals surface area contributed by atoms with Crippen molar-refractivity contribution in [3.8, 4) is 17.2 Å². The van der Waals surface area contributed by atoms with E-state index in [9.17, 15) is 19.5 Å². The monoisotopic (exact) mass is 378 g/mol. The Bertz CT molecular complexity index is 735. The minimum atomic E-state index is -1.05. The summed E-state index contributed by atoms with van der Waals surface area (Å²) in [6.45, 7) is 0. The number of hydrazine groups is 1. The molecule has 1 aromatic rings. The van der Waals surface area contributed by atoms with Gasteiger partial charge in [-0.2, -0.15) is 0 Å². The number of carboxylic acid groups (broad SMARTS) is 1. The molecule has 0 fully saturated rings. The Morgan fingerprint density at radius 2 is 1.48 bits per heavy atom. The molecule has 2 atom stereocenters. The summed E-state index contributed by atoms with van der Waals surface area (Å²) >= 11 is 0. The van der Waals surface area contributed by atoms with E-state index in [1.807, 2.05) is 0 Å². The molecule has 2 amide bonds. The molecule has 0 heterocycles. The molecular weight excluding hydrogens is 356 g/mol. The van der Waals surface area contributed by atoms with Crippen molar-refractivity contribution in [2.75, 3.05) is 21.3 Å². The van der Waals surface area contributed by atoms with E-state index in [1.54, 1.807) is 12.2 Å². The van der Waals surface area contributed by atoms with Crippen molar-refractivity contribution in [3.05, 3.63) is 29.8 Å². The largest absolute Gasteiger partial charge is 0.493 e. The van der Waals surface area contributed by atoms with Crippen LogP contribution in [0, 0.1) is 11.8 Å². The zero-order valence-corrected chi connectivity index (χ0v) is 15.3. The summed E-state index contributed by atoms with van der Waals surface area (Å²) in [6.07, 6.45) is 4.05. The number of benzene rings is 1. The number of carboxylic acids is 1. The van der Waals surface area contributed by atoms with Crippen molar-refractivity contribution in [1.29, 1.82) is 0 Å². The number of amides is 2. The first-order chi connectivity index (χ1) is 12.9. The summed E-state index contributed by atoms with van der Waals surface area (Å²) in [5.41, 5.74) is 4.75. The van der Waals surface area contributed by atoms with Crippen LogP contribution in [-0.4, -0.2) is 44.2 Å². The lowest BCUT2D eigenvalue weighted by atomic mass is 9.82. The smallest absolute Gasteiger partial charge is 0.307 e. The third-order valence-corrected chi connectivity index (χ3v) is 4.31. The summed E-state index contributed by atoms with van der Waals surface area (Å²) < 4.78 is 15.6. The van der Waals surface area contributed by atoms with Gasteiger partial charge >= 0.3 is 5.97 Å². The molecule has 1 aliphatic carbocycles. The van der Waals surface area contributed by atoms with Gasteiger partial charge in [-0.25, -0.2) is 0 Å². The molecule has 0 saturated carbocycles. The number of allylic oxidation sites excluding steroid dienone is 2. The minimum absolute atomic E-state index is 0.170. The van der Waals surface area contributed by atoms with Gasteiger partial charge in [0.05, 0.1) is 33.2 Å². The van der Waals surface area contributed by atoms with Crippen molar-refractivity contribution < 1.29 is 33.7 Å². The first kappa shape index (κ1) is 20.1. The van der Waals surface area contributed by atoms with Crippen molar-refractivity contribution in [1.82, 2.24) is 10.9 Å². The summed E-state index contributed by atoms with van der Waals surface area (Å²) in [5, 5.41) is 9.24. The van der Waals surface area contributed by atoms with Crippen LogP contribution in [0.2, 0.25) is 0 Å². The molecule has 1 aliphatic rings. The average Bonchev–Trinajstić information content (AvgIpc) is 2.70. The van der Waals surface area contributed by atoms with Gasteiger partial charge in [0.1, 0.15) is 0 Å². The molecule has 9 nitrogen and oxygen atoms in total. The van der Waals surface area contributed by atoms with Crippen LogP contribution in [0.25, 0.3) is 0 Å². The second-order valence-corrected chi connectivity index (χ2v) is 5.85. The van der Waals surface area contributed by atoms with Gasteiger partial charge in [-0.3, -0.25) is 25.2 Å². The second kappa shape index (κ2) is 8.93. The predicted octanol–water partition coefficient (Wildman–Crippen LogP) is 1.14. The van der Waals surface area contributed by atoms with Gasteiger partial charge < -0.3 is 19.3 Å². The van der Waals surface area contributed by atoms with E-state index < -0.39 is 29.6 Å². The van der Waals surface area contributed by atoms with E-state index in [0.29, 0.717) is 12.2 Å². The van der Waals surface area contributed by atoms with Gasteiger partial charge in [0, 0.05) is 5.56 Å². The van der Waals surface area contributed by atoms with Crippen LogP contribution >= 0.6 is 0 Å². The van der Waals surface area contributed by atoms with E-state index in [1.165, 1.54) is 33.5 Å². The van der Waals surface area contributed by atoms with Gasteiger partial charge in [-0.15, -0.1) is 0 Å². The van der Waals surface area contributed by atoms with Gasteiger partial charge in [0.2, 0.25) is 11.7 Å². The molecular formula is C18H22N2O7. The molecule has 0 aromatic heterocycles. The first-order valence-electron chi connectivity index (χ1n) is 8.20. The molecule has 0 unspecified atom stereocenters. The fourth-order valence-corrected chi connectivity index (χ4v) is 2.87. The normalized spacial score (nSPS) is 18.3. The Kier molecular flexibility index (Phi) is 6.64. The van der Waals surface area contributed by atoms with Crippen LogP contribution in [0.4, 0.5) is 0 Å². The molecule has 2 rings (SSSR count). The van der Waals surface area contributed by atoms with Crippen molar-refractivity contribution in [2.45, 2.75) is 12.8 Å². The quantitative estimate of drug-likeness (QED) is 0.501. The molecule has 3 N–H and O–H groups in total. The maximum absolute atomic E-state index is 12.4. The van der Waals surface area contributed by atoms with Crippen LogP contribution in [0.15, 0.2) is 24.3 Å². The highest BCUT2D eigenvalue weighted by atomic mass is 16.5. The number of nitrogens with one attached hydrogen (secondary N) is 2. The van der Waals surface area contributed by atoms with Crippen molar-refractivity contribution in [2.24, 2.45) is 11.8 Å². The summed E-state index contributed by atoms with van der Waals surface area (Å²) in [5.74, 6) is -2.89. The van der Waals surface area contributed by atoms with E-state index >= 15 is 0 Å².